The van der Waals surface area contributed by atoms with Crippen LogP contribution in [0.25, 0.3) is 10.9 Å². The molecule has 1 saturated heterocycles. The predicted molar refractivity (Wildman–Crippen MR) is 124 cm³/mol. The molecule has 162 valence electrons. The molecule has 0 N–H and O–H groups in total. The summed E-state index contributed by atoms with van der Waals surface area (Å²) in [4.78, 5) is 32.6. The standard InChI is InChI=1S/C23H24ClN3O3S/c1-15-11-26(12-16(2)30-15)21(28)14-31-23-25-20-10-18(24)8-9-19(20)22(29)27(23)13-17-6-4-3-5-7-17/h3-10,15-16H,11-14H2,1-2H3. The summed E-state index contributed by atoms with van der Waals surface area (Å²) in [6, 6.07) is 14.8. The average Bonchev–Trinajstić information content (AvgIpc) is 2.74. The molecule has 0 aliphatic carbocycles. The number of carbonyl (C=O) groups excluding carboxylic acids is 1. The summed E-state index contributed by atoms with van der Waals surface area (Å²) in [5.41, 5.74) is 1.38. The summed E-state index contributed by atoms with van der Waals surface area (Å²) in [6.07, 6.45) is 0.0183. The number of morpholine rings is 1. The summed E-state index contributed by atoms with van der Waals surface area (Å²) < 4.78 is 7.35. The molecule has 1 aliphatic heterocycles. The van der Waals surface area contributed by atoms with E-state index in [0.29, 0.717) is 40.7 Å². The first-order valence-corrected chi connectivity index (χ1v) is 11.6. The molecule has 2 atom stereocenters. The van der Waals surface area contributed by atoms with E-state index in [1.807, 2.05) is 49.1 Å². The van der Waals surface area contributed by atoms with Crippen molar-refractivity contribution in [2.75, 3.05) is 18.8 Å². The maximum absolute atomic E-state index is 13.3. The van der Waals surface area contributed by atoms with E-state index in [2.05, 4.69) is 4.98 Å². The Bertz CT molecular complexity index is 1140. The van der Waals surface area contributed by atoms with Crippen LogP contribution in [0.5, 0.6) is 0 Å². The topological polar surface area (TPSA) is 64.4 Å². The van der Waals surface area contributed by atoms with Crippen molar-refractivity contribution in [3.05, 3.63) is 69.5 Å². The Morgan fingerprint density at radius 3 is 2.58 bits per heavy atom. The van der Waals surface area contributed by atoms with Gasteiger partial charge in [-0.3, -0.25) is 14.2 Å². The zero-order chi connectivity index (χ0) is 22.0. The van der Waals surface area contributed by atoms with E-state index in [1.54, 1.807) is 22.8 Å². The van der Waals surface area contributed by atoms with Crippen LogP contribution in [0.3, 0.4) is 0 Å². The zero-order valence-electron chi connectivity index (χ0n) is 17.5. The summed E-state index contributed by atoms with van der Waals surface area (Å²) in [6.45, 7) is 5.46. The van der Waals surface area contributed by atoms with Gasteiger partial charge in [-0.15, -0.1) is 0 Å². The Morgan fingerprint density at radius 2 is 1.87 bits per heavy atom. The van der Waals surface area contributed by atoms with Crippen LogP contribution in [0.1, 0.15) is 19.4 Å². The fourth-order valence-corrected chi connectivity index (χ4v) is 4.86. The molecule has 1 aromatic heterocycles. The number of carbonyl (C=O) groups is 1. The quantitative estimate of drug-likeness (QED) is 0.430. The van der Waals surface area contributed by atoms with Crippen molar-refractivity contribution in [1.29, 1.82) is 0 Å². The van der Waals surface area contributed by atoms with Gasteiger partial charge in [0.15, 0.2) is 5.16 Å². The first-order chi connectivity index (χ1) is 14.9. The van der Waals surface area contributed by atoms with Crippen molar-refractivity contribution in [2.45, 2.75) is 37.8 Å². The maximum Gasteiger partial charge on any atom is 0.262 e. The Kier molecular flexibility index (Phi) is 6.65. The number of aromatic nitrogens is 2. The van der Waals surface area contributed by atoms with Gasteiger partial charge in [0, 0.05) is 18.1 Å². The van der Waals surface area contributed by atoms with Crippen molar-refractivity contribution < 1.29 is 9.53 Å². The maximum atomic E-state index is 13.3. The van der Waals surface area contributed by atoms with Gasteiger partial charge < -0.3 is 9.64 Å². The smallest absolute Gasteiger partial charge is 0.262 e. The second-order valence-electron chi connectivity index (χ2n) is 7.78. The van der Waals surface area contributed by atoms with Crippen molar-refractivity contribution in [3.63, 3.8) is 0 Å². The molecular formula is C23H24ClN3O3S. The van der Waals surface area contributed by atoms with Crippen molar-refractivity contribution >= 4 is 40.2 Å². The lowest BCUT2D eigenvalue weighted by Crippen LogP contribution is -2.48. The third kappa shape index (κ3) is 5.11. The Morgan fingerprint density at radius 1 is 1.16 bits per heavy atom. The normalized spacial score (nSPS) is 19.0. The van der Waals surface area contributed by atoms with Crippen LogP contribution in [0.4, 0.5) is 0 Å². The molecular weight excluding hydrogens is 434 g/mol. The van der Waals surface area contributed by atoms with E-state index in [9.17, 15) is 9.59 Å². The molecule has 3 aromatic rings. The molecule has 31 heavy (non-hydrogen) atoms. The number of fused-ring (bicyclic) bond motifs is 1. The molecule has 0 radical (unpaired) electrons. The summed E-state index contributed by atoms with van der Waals surface area (Å²) >= 11 is 7.40. The van der Waals surface area contributed by atoms with E-state index in [-0.39, 0.29) is 29.4 Å². The highest BCUT2D eigenvalue weighted by molar-refractivity contribution is 7.99. The van der Waals surface area contributed by atoms with E-state index >= 15 is 0 Å². The first-order valence-electron chi connectivity index (χ1n) is 10.2. The minimum absolute atomic E-state index is 0.00916. The van der Waals surface area contributed by atoms with Gasteiger partial charge in [0.1, 0.15) is 0 Å². The van der Waals surface area contributed by atoms with Gasteiger partial charge in [-0.1, -0.05) is 53.7 Å². The van der Waals surface area contributed by atoms with Crippen molar-refractivity contribution in [2.24, 2.45) is 0 Å². The summed E-state index contributed by atoms with van der Waals surface area (Å²) in [7, 11) is 0. The molecule has 4 rings (SSSR count). The molecule has 0 spiro atoms. The lowest BCUT2D eigenvalue weighted by molar-refractivity contribution is -0.140. The van der Waals surface area contributed by atoms with Crippen LogP contribution in [-0.4, -0.2) is 51.4 Å². The summed E-state index contributed by atoms with van der Waals surface area (Å²) in [5, 5.41) is 1.53. The largest absolute Gasteiger partial charge is 0.372 e. The van der Waals surface area contributed by atoms with E-state index in [0.717, 1.165) is 5.56 Å². The van der Waals surface area contributed by atoms with Crippen molar-refractivity contribution in [1.82, 2.24) is 14.5 Å². The fraction of sp³-hybridized carbons (Fsp3) is 0.348. The van der Waals surface area contributed by atoms with Crippen LogP contribution >= 0.6 is 23.4 Å². The van der Waals surface area contributed by atoms with Crippen LogP contribution < -0.4 is 5.56 Å². The second-order valence-corrected chi connectivity index (χ2v) is 9.16. The lowest BCUT2D eigenvalue weighted by atomic mass is 10.2. The number of amides is 1. The third-order valence-corrected chi connectivity index (χ3v) is 6.36. The molecule has 1 amide bonds. The SMILES string of the molecule is CC1CN(C(=O)CSc2nc3cc(Cl)ccc3c(=O)n2Cc2ccccc2)CC(C)O1. The van der Waals surface area contributed by atoms with Gasteiger partial charge >= 0.3 is 0 Å². The molecule has 1 fully saturated rings. The number of halogens is 1. The van der Waals surface area contributed by atoms with Gasteiger partial charge in [0.25, 0.3) is 5.56 Å². The first kappa shape index (κ1) is 21.9. The number of hydrogen-bond donors (Lipinski definition) is 0. The van der Waals surface area contributed by atoms with Crippen LogP contribution in [0.2, 0.25) is 5.02 Å². The minimum atomic E-state index is -0.144. The van der Waals surface area contributed by atoms with Gasteiger partial charge in [0.05, 0.1) is 35.4 Å². The van der Waals surface area contributed by atoms with Crippen LogP contribution in [-0.2, 0) is 16.1 Å². The highest BCUT2D eigenvalue weighted by atomic mass is 35.5. The third-order valence-electron chi connectivity index (χ3n) is 5.16. The molecule has 6 nitrogen and oxygen atoms in total. The van der Waals surface area contributed by atoms with Gasteiger partial charge in [-0.25, -0.2) is 4.98 Å². The molecule has 2 aromatic carbocycles. The monoisotopic (exact) mass is 457 g/mol. The zero-order valence-corrected chi connectivity index (χ0v) is 19.0. The van der Waals surface area contributed by atoms with Crippen molar-refractivity contribution in [3.8, 4) is 0 Å². The van der Waals surface area contributed by atoms with Gasteiger partial charge in [0.2, 0.25) is 5.91 Å². The van der Waals surface area contributed by atoms with E-state index in [4.69, 9.17) is 16.3 Å². The van der Waals surface area contributed by atoms with Crippen LogP contribution in [0, 0.1) is 0 Å². The fourth-order valence-electron chi connectivity index (χ4n) is 3.79. The van der Waals surface area contributed by atoms with Crippen LogP contribution in [0.15, 0.2) is 58.5 Å². The molecule has 2 unspecified atom stereocenters. The number of rotatable bonds is 5. The minimum Gasteiger partial charge on any atom is -0.372 e. The number of nitrogens with zero attached hydrogens (tertiary/aromatic N) is 3. The molecule has 1 aliphatic rings. The average molecular weight is 458 g/mol. The van der Waals surface area contributed by atoms with E-state index < -0.39 is 0 Å². The Hall–Kier alpha value is -2.35. The van der Waals surface area contributed by atoms with E-state index in [1.165, 1.54) is 11.8 Å². The number of benzene rings is 2. The lowest BCUT2D eigenvalue weighted by Gasteiger charge is -2.35. The molecule has 2 heterocycles. The van der Waals surface area contributed by atoms with Gasteiger partial charge in [-0.05, 0) is 37.6 Å². The second kappa shape index (κ2) is 9.42. The molecule has 0 saturated carbocycles. The Labute approximate surface area is 190 Å². The molecule has 0 bridgehead atoms. The highest BCUT2D eigenvalue weighted by Crippen LogP contribution is 2.22. The number of ether oxygens (including phenoxy) is 1. The highest BCUT2D eigenvalue weighted by Gasteiger charge is 2.26. The number of hydrogen-bond acceptors (Lipinski definition) is 5. The van der Waals surface area contributed by atoms with Gasteiger partial charge in [-0.2, -0.15) is 0 Å². The Balaban J connectivity index is 1.64. The summed E-state index contributed by atoms with van der Waals surface area (Å²) in [5.74, 6) is 0.214. The molecule has 8 heteroatoms. The number of thioether (sulfide) groups is 1. The predicted octanol–water partition coefficient (Wildman–Crippen LogP) is 3.83.